The zero-order chi connectivity index (χ0) is 13.5. The Morgan fingerprint density at radius 1 is 1.56 bits per heavy atom. The Morgan fingerprint density at radius 3 is 2.83 bits per heavy atom. The summed E-state index contributed by atoms with van der Waals surface area (Å²) in [4.78, 5) is 12.9. The van der Waals surface area contributed by atoms with E-state index < -0.39 is 5.82 Å². The molecule has 0 amide bonds. The number of benzene rings is 1. The first-order chi connectivity index (χ1) is 8.62. The normalized spacial score (nSPS) is 10.2. The Morgan fingerprint density at radius 2 is 2.28 bits per heavy atom. The third-order valence-electron chi connectivity index (χ3n) is 2.62. The second kappa shape index (κ2) is 6.72. The van der Waals surface area contributed by atoms with Crippen LogP contribution in [0.25, 0.3) is 0 Å². The zero-order valence-corrected chi connectivity index (χ0v) is 10.4. The van der Waals surface area contributed by atoms with Gasteiger partial charge >= 0.3 is 5.97 Å². The predicted octanol–water partition coefficient (Wildman–Crippen LogP) is 1.69. The van der Waals surface area contributed by atoms with Crippen molar-refractivity contribution < 1.29 is 13.9 Å². The quantitative estimate of drug-likeness (QED) is 0.746. The molecular weight excluding hydrogens is 235 g/mol. The number of hydrogen-bond donors (Lipinski definition) is 0. The number of carbonyl (C=O) groups is 1. The van der Waals surface area contributed by atoms with Crippen LogP contribution in [0.1, 0.15) is 18.1 Å². The van der Waals surface area contributed by atoms with Crippen LogP contribution in [0.2, 0.25) is 0 Å². The van der Waals surface area contributed by atoms with Gasteiger partial charge in [-0.05, 0) is 12.6 Å². The summed E-state index contributed by atoms with van der Waals surface area (Å²) in [6.07, 6.45) is 0. The number of methoxy groups -OCH3 is 1. The fourth-order valence-electron chi connectivity index (χ4n) is 1.56. The first-order valence-electron chi connectivity index (χ1n) is 5.59. The Hall–Kier alpha value is -1.93. The molecule has 0 saturated heterocycles. The molecule has 0 fully saturated rings. The van der Waals surface area contributed by atoms with Crippen molar-refractivity contribution in [3.8, 4) is 6.07 Å². The van der Waals surface area contributed by atoms with Gasteiger partial charge in [0.05, 0.1) is 19.2 Å². The van der Waals surface area contributed by atoms with Gasteiger partial charge in [0, 0.05) is 12.1 Å². The minimum absolute atomic E-state index is 0.0154. The van der Waals surface area contributed by atoms with Crippen LogP contribution < -0.4 is 0 Å². The molecule has 0 atom stereocenters. The van der Waals surface area contributed by atoms with E-state index in [4.69, 9.17) is 5.26 Å². The molecule has 96 valence electrons. The molecule has 0 aliphatic heterocycles. The lowest BCUT2D eigenvalue weighted by molar-refractivity contribution is -0.142. The van der Waals surface area contributed by atoms with Gasteiger partial charge in [-0.2, -0.15) is 5.26 Å². The molecular formula is C13H15FN2O2. The molecule has 0 unspecified atom stereocenters. The molecule has 0 radical (unpaired) electrons. The van der Waals surface area contributed by atoms with Crippen molar-refractivity contribution in [2.75, 3.05) is 20.2 Å². The average Bonchev–Trinajstić information content (AvgIpc) is 2.39. The smallest absolute Gasteiger partial charge is 0.319 e. The molecule has 1 rings (SSSR count). The molecule has 0 bridgehead atoms. The highest BCUT2D eigenvalue weighted by atomic mass is 19.1. The Labute approximate surface area is 106 Å². The Balaban J connectivity index is 2.82. The van der Waals surface area contributed by atoms with Crippen molar-refractivity contribution in [3.63, 3.8) is 0 Å². The van der Waals surface area contributed by atoms with Crippen molar-refractivity contribution in [3.05, 3.63) is 35.1 Å². The summed E-state index contributed by atoms with van der Waals surface area (Å²) in [5.74, 6) is -0.892. The molecule has 1 aromatic carbocycles. The number of rotatable bonds is 5. The van der Waals surface area contributed by atoms with Crippen LogP contribution in [0.4, 0.5) is 4.39 Å². The molecule has 0 heterocycles. The highest BCUT2D eigenvalue weighted by molar-refractivity contribution is 5.71. The van der Waals surface area contributed by atoms with Gasteiger partial charge < -0.3 is 4.74 Å². The first kappa shape index (κ1) is 14.1. The Kier molecular flexibility index (Phi) is 5.28. The zero-order valence-electron chi connectivity index (χ0n) is 10.4. The van der Waals surface area contributed by atoms with E-state index in [2.05, 4.69) is 4.74 Å². The van der Waals surface area contributed by atoms with E-state index in [-0.39, 0.29) is 24.6 Å². The lowest BCUT2D eigenvalue weighted by Gasteiger charge is -2.19. The minimum atomic E-state index is -0.525. The fourth-order valence-corrected chi connectivity index (χ4v) is 1.56. The van der Waals surface area contributed by atoms with Crippen LogP contribution in [-0.4, -0.2) is 31.1 Å². The minimum Gasteiger partial charge on any atom is -0.468 e. The number of esters is 1. The van der Waals surface area contributed by atoms with Gasteiger partial charge in [0.15, 0.2) is 0 Å². The van der Waals surface area contributed by atoms with Gasteiger partial charge in [-0.25, -0.2) is 4.39 Å². The van der Waals surface area contributed by atoms with E-state index in [1.54, 1.807) is 23.1 Å². The van der Waals surface area contributed by atoms with Crippen molar-refractivity contribution in [2.45, 2.75) is 13.5 Å². The van der Waals surface area contributed by atoms with Gasteiger partial charge in [0.1, 0.15) is 11.9 Å². The number of likely N-dealkylation sites (N-methyl/N-ethyl adjacent to an activating group) is 1. The van der Waals surface area contributed by atoms with Gasteiger partial charge in [0.2, 0.25) is 0 Å². The molecule has 0 aliphatic carbocycles. The van der Waals surface area contributed by atoms with Crippen LogP contribution >= 0.6 is 0 Å². The summed E-state index contributed by atoms with van der Waals surface area (Å²) in [6.45, 7) is 2.83. The maximum atomic E-state index is 13.8. The monoisotopic (exact) mass is 250 g/mol. The lowest BCUT2D eigenvalue weighted by atomic mass is 10.1. The van der Waals surface area contributed by atoms with Crippen molar-refractivity contribution in [1.82, 2.24) is 4.90 Å². The SMILES string of the molecule is CCN(CC(=O)OC)Cc1cccc(C#N)c1F. The highest BCUT2D eigenvalue weighted by Gasteiger charge is 2.13. The second-order valence-electron chi connectivity index (χ2n) is 3.77. The first-order valence-corrected chi connectivity index (χ1v) is 5.59. The van der Waals surface area contributed by atoms with Crippen molar-refractivity contribution in [2.24, 2.45) is 0 Å². The number of carbonyl (C=O) groups excluding carboxylic acids is 1. The van der Waals surface area contributed by atoms with E-state index in [1.165, 1.54) is 13.2 Å². The van der Waals surface area contributed by atoms with Crippen LogP contribution in [0.5, 0.6) is 0 Å². The van der Waals surface area contributed by atoms with E-state index in [1.807, 2.05) is 6.92 Å². The second-order valence-corrected chi connectivity index (χ2v) is 3.77. The number of hydrogen-bond acceptors (Lipinski definition) is 4. The van der Waals surface area contributed by atoms with E-state index in [9.17, 15) is 9.18 Å². The van der Waals surface area contributed by atoms with E-state index in [0.717, 1.165) is 0 Å². The molecule has 0 saturated carbocycles. The molecule has 18 heavy (non-hydrogen) atoms. The molecule has 4 nitrogen and oxygen atoms in total. The maximum Gasteiger partial charge on any atom is 0.319 e. The number of ether oxygens (including phenoxy) is 1. The summed E-state index contributed by atoms with van der Waals surface area (Å²) in [6, 6.07) is 6.45. The third kappa shape index (κ3) is 3.54. The van der Waals surface area contributed by atoms with Crippen molar-refractivity contribution >= 4 is 5.97 Å². The largest absolute Gasteiger partial charge is 0.468 e. The molecule has 0 spiro atoms. The summed E-state index contributed by atoms with van der Waals surface area (Å²) >= 11 is 0. The van der Waals surface area contributed by atoms with Gasteiger partial charge in [0.25, 0.3) is 0 Å². The van der Waals surface area contributed by atoms with Crippen LogP contribution in [0.15, 0.2) is 18.2 Å². The number of nitriles is 1. The van der Waals surface area contributed by atoms with Crippen LogP contribution in [-0.2, 0) is 16.1 Å². The summed E-state index contributed by atoms with van der Waals surface area (Å²) in [7, 11) is 1.31. The molecule has 0 aromatic heterocycles. The van der Waals surface area contributed by atoms with E-state index >= 15 is 0 Å². The summed E-state index contributed by atoms with van der Waals surface area (Å²) in [5.41, 5.74) is 0.418. The van der Waals surface area contributed by atoms with E-state index in [0.29, 0.717) is 12.1 Å². The van der Waals surface area contributed by atoms with Crippen LogP contribution in [0, 0.1) is 17.1 Å². The third-order valence-corrected chi connectivity index (χ3v) is 2.62. The average molecular weight is 250 g/mol. The number of nitrogens with zero attached hydrogens (tertiary/aromatic N) is 2. The topological polar surface area (TPSA) is 53.3 Å². The summed E-state index contributed by atoms with van der Waals surface area (Å²) in [5, 5.41) is 8.74. The number of halogens is 1. The lowest BCUT2D eigenvalue weighted by Crippen LogP contribution is -2.30. The van der Waals surface area contributed by atoms with Gasteiger partial charge in [-0.3, -0.25) is 9.69 Å². The standard InChI is InChI=1S/C13H15FN2O2/c1-3-16(9-12(17)18-2)8-11-6-4-5-10(7-15)13(11)14/h4-6H,3,8-9H2,1-2H3. The maximum absolute atomic E-state index is 13.8. The van der Waals surface area contributed by atoms with Gasteiger partial charge in [-0.1, -0.05) is 19.1 Å². The summed E-state index contributed by atoms with van der Waals surface area (Å²) < 4.78 is 18.4. The molecule has 5 heteroatoms. The molecule has 0 N–H and O–H groups in total. The Bertz CT molecular complexity index is 469. The van der Waals surface area contributed by atoms with Crippen molar-refractivity contribution in [1.29, 1.82) is 5.26 Å². The van der Waals surface area contributed by atoms with Gasteiger partial charge in [-0.15, -0.1) is 0 Å². The fraction of sp³-hybridized carbons (Fsp3) is 0.385. The van der Waals surface area contributed by atoms with Crippen LogP contribution in [0.3, 0.4) is 0 Å². The predicted molar refractivity (Wildman–Crippen MR) is 64.1 cm³/mol. The molecule has 1 aromatic rings. The molecule has 0 aliphatic rings. The highest BCUT2D eigenvalue weighted by Crippen LogP contribution is 2.14.